The van der Waals surface area contributed by atoms with Crippen LogP contribution in [-0.2, 0) is 9.53 Å². The minimum Gasteiger partial charge on any atom is -0.507 e. The fourth-order valence-corrected chi connectivity index (χ4v) is 2.95. The molecule has 3 nitrogen and oxygen atoms in total. The Kier molecular flexibility index (Phi) is 4.17. The van der Waals surface area contributed by atoms with Crippen molar-refractivity contribution in [1.29, 1.82) is 0 Å². The summed E-state index contributed by atoms with van der Waals surface area (Å²) in [5.74, 6) is 0.467. The van der Waals surface area contributed by atoms with Crippen LogP contribution >= 0.6 is 0 Å². The zero-order valence-corrected chi connectivity index (χ0v) is 12.3. The van der Waals surface area contributed by atoms with Crippen molar-refractivity contribution in [1.82, 2.24) is 0 Å². The van der Waals surface area contributed by atoms with Gasteiger partial charge in [-0.3, -0.25) is 4.79 Å². The van der Waals surface area contributed by atoms with Crippen LogP contribution in [0.2, 0.25) is 0 Å². The summed E-state index contributed by atoms with van der Waals surface area (Å²) in [5, 5.41) is 9.88. The van der Waals surface area contributed by atoms with E-state index in [9.17, 15) is 9.90 Å². The van der Waals surface area contributed by atoms with E-state index in [0.717, 1.165) is 18.4 Å². The highest BCUT2D eigenvalue weighted by Gasteiger charge is 2.33. The van der Waals surface area contributed by atoms with Gasteiger partial charge in [0.05, 0.1) is 7.11 Å². The molecule has 2 rings (SSSR count). The molecule has 1 aromatic rings. The second kappa shape index (κ2) is 5.70. The van der Waals surface area contributed by atoms with E-state index in [0.29, 0.717) is 12.2 Å². The molecular weight excluding hydrogens is 252 g/mol. The first-order valence-corrected chi connectivity index (χ1v) is 7.02. The molecule has 0 aliphatic heterocycles. The maximum absolute atomic E-state index is 11.2. The van der Waals surface area contributed by atoms with Crippen LogP contribution in [0.3, 0.4) is 0 Å². The van der Waals surface area contributed by atoms with E-state index in [1.54, 1.807) is 6.07 Å². The molecule has 1 aliphatic carbocycles. The molecule has 0 fully saturated rings. The van der Waals surface area contributed by atoms with E-state index in [1.165, 1.54) is 12.7 Å². The SMILES string of the molecule is COC(=O)CCCC(C)(C)C1C=Cc2c(O)cccc21. The molecule has 0 radical (unpaired) electrons. The molecule has 1 aromatic carbocycles. The molecule has 0 spiro atoms. The highest BCUT2D eigenvalue weighted by Crippen LogP contribution is 2.47. The minimum absolute atomic E-state index is 0.0452. The molecule has 0 bridgehead atoms. The van der Waals surface area contributed by atoms with Crippen LogP contribution in [0.15, 0.2) is 24.3 Å². The Bertz CT molecular complexity index is 529. The first kappa shape index (κ1) is 14.6. The van der Waals surface area contributed by atoms with Crippen molar-refractivity contribution in [2.45, 2.75) is 39.0 Å². The van der Waals surface area contributed by atoms with Crippen LogP contribution in [0.4, 0.5) is 0 Å². The van der Waals surface area contributed by atoms with E-state index in [1.807, 2.05) is 12.1 Å². The molecule has 3 heteroatoms. The quantitative estimate of drug-likeness (QED) is 0.829. The first-order valence-electron chi connectivity index (χ1n) is 7.02. The standard InChI is InChI=1S/C17H22O3/c1-17(2,11-5-8-16(19)20-3)14-10-9-13-12(14)6-4-7-15(13)18/h4,6-7,9-10,14,18H,5,8,11H2,1-3H3. The Labute approximate surface area is 120 Å². The number of ether oxygens (including phenoxy) is 1. The van der Waals surface area contributed by atoms with Crippen molar-refractivity contribution in [3.63, 3.8) is 0 Å². The van der Waals surface area contributed by atoms with Gasteiger partial charge in [0.15, 0.2) is 0 Å². The molecule has 1 atom stereocenters. The van der Waals surface area contributed by atoms with Crippen molar-refractivity contribution in [2.75, 3.05) is 7.11 Å². The number of phenols is 1. The average Bonchev–Trinajstić information content (AvgIpc) is 2.84. The molecule has 0 aromatic heterocycles. The smallest absolute Gasteiger partial charge is 0.305 e. The number of carbonyl (C=O) groups is 1. The largest absolute Gasteiger partial charge is 0.507 e. The summed E-state index contributed by atoms with van der Waals surface area (Å²) in [7, 11) is 1.42. The molecule has 20 heavy (non-hydrogen) atoms. The summed E-state index contributed by atoms with van der Waals surface area (Å²) >= 11 is 0. The number of hydrogen-bond acceptors (Lipinski definition) is 3. The van der Waals surface area contributed by atoms with Crippen molar-refractivity contribution in [3.8, 4) is 5.75 Å². The Balaban J connectivity index is 2.07. The topological polar surface area (TPSA) is 46.5 Å². The van der Waals surface area contributed by atoms with Gasteiger partial charge in [-0.15, -0.1) is 0 Å². The number of carbonyl (C=O) groups excluding carboxylic acids is 1. The molecule has 0 saturated carbocycles. The Morgan fingerprint density at radius 3 is 2.85 bits per heavy atom. The van der Waals surface area contributed by atoms with E-state index >= 15 is 0 Å². The fourth-order valence-electron chi connectivity index (χ4n) is 2.95. The average molecular weight is 274 g/mol. The normalized spacial score (nSPS) is 17.1. The van der Waals surface area contributed by atoms with Crippen LogP contribution in [-0.4, -0.2) is 18.2 Å². The van der Waals surface area contributed by atoms with Gasteiger partial charge in [0.25, 0.3) is 0 Å². The summed E-state index contributed by atoms with van der Waals surface area (Å²) < 4.78 is 4.68. The van der Waals surface area contributed by atoms with Crippen LogP contribution in [0.25, 0.3) is 6.08 Å². The van der Waals surface area contributed by atoms with Gasteiger partial charge in [-0.05, 0) is 29.9 Å². The van der Waals surface area contributed by atoms with Crippen LogP contribution in [0, 0.1) is 5.41 Å². The van der Waals surface area contributed by atoms with Crippen molar-refractivity contribution in [2.24, 2.45) is 5.41 Å². The molecule has 1 aliphatic rings. The molecule has 0 saturated heterocycles. The lowest BCUT2D eigenvalue weighted by molar-refractivity contribution is -0.140. The van der Waals surface area contributed by atoms with Crippen LogP contribution in [0.5, 0.6) is 5.75 Å². The lowest BCUT2D eigenvalue weighted by atomic mass is 9.73. The van der Waals surface area contributed by atoms with E-state index in [4.69, 9.17) is 0 Å². The fraction of sp³-hybridized carbons (Fsp3) is 0.471. The number of phenolic OH excluding ortho intramolecular Hbond substituents is 1. The lowest BCUT2D eigenvalue weighted by Gasteiger charge is -2.31. The number of fused-ring (bicyclic) bond motifs is 1. The van der Waals surface area contributed by atoms with Gasteiger partial charge in [0, 0.05) is 17.9 Å². The number of rotatable bonds is 5. The van der Waals surface area contributed by atoms with Gasteiger partial charge in [-0.2, -0.15) is 0 Å². The van der Waals surface area contributed by atoms with Gasteiger partial charge in [-0.25, -0.2) is 0 Å². The molecule has 1 unspecified atom stereocenters. The highest BCUT2D eigenvalue weighted by molar-refractivity contribution is 5.69. The summed E-state index contributed by atoms with van der Waals surface area (Å²) in [6.07, 6.45) is 6.37. The molecule has 1 N–H and O–H groups in total. The monoisotopic (exact) mass is 274 g/mol. The first-order chi connectivity index (χ1) is 9.45. The minimum atomic E-state index is -0.152. The summed E-state index contributed by atoms with van der Waals surface area (Å²) in [6, 6.07) is 5.68. The van der Waals surface area contributed by atoms with Crippen molar-refractivity contribution >= 4 is 12.0 Å². The number of hydrogen-bond donors (Lipinski definition) is 1. The number of esters is 1. The van der Waals surface area contributed by atoms with Crippen molar-refractivity contribution in [3.05, 3.63) is 35.4 Å². The molecule has 0 amide bonds. The van der Waals surface area contributed by atoms with E-state index in [2.05, 4.69) is 30.7 Å². The van der Waals surface area contributed by atoms with E-state index < -0.39 is 0 Å². The number of benzene rings is 1. The zero-order chi connectivity index (χ0) is 14.8. The zero-order valence-electron chi connectivity index (χ0n) is 12.3. The molecular formula is C17H22O3. The van der Waals surface area contributed by atoms with Crippen LogP contribution < -0.4 is 0 Å². The highest BCUT2D eigenvalue weighted by atomic mass is 16.5. The number of allylic oxidation sites excluding steroid dienone is 1. The summed E-state index contributed by atoms with van der Waals surface area (Å²) in [6.45, 7) is 4.41. The number of methoxy groups -OCH3 is 1. The summed E-state index contributed by atoms with van der Waals surface area (Å²) in [4.78, 5) is 11.2. The third kappa shape index (κ3) is 2.87. The third-order valence-corrected chi connectivity index (χ3v) is 4.18. The Morgan fingerprint density at radius 2 is 2.15 bits per heavy atom. The maximum Gasteiger partial charge on any atom is 0.305 e. The third-order valence-electron chi connectivity index (χ3n) is 4.18. The lowest BCUT2D eigenvalue weighted by Crippen LogP contribution is -2.20. The maximum atomic E-state index is 11.2. The summed E-state index contributed by atoms with van der Waals surface area (Å²) in [5.41, 5.74) is 2.15. The van der Waals surface area contributed by atoms with Gasteiger partial charge in [-0.1, -0.05) is 38.1 Å². The Morgan fingerprint density at radius 1 is 1.40 bits per heavy atom. The molecule has 108 valence electrons. The second-order valence-electron chi connectivity index (χ2n) is 6.04. The second-order valence-corrected chi connectivity index (χ2v) is 6.04. The van der Waals surface area contributed by atoms with Crippen molar-refractivity contribution < 1.29 is 14.6 Å². The van der Waals surface area contributed by atoms with Gasteiger partial charge in [0.2, 0.25) is 0 Å². The Hall–Kier alpha value is -1.77. The van der Waals surface area contributed by atoms with Crippen LogP contribution in [0.1, 0.15) is 50.2 Å². The van der Waals surface area contributed by atoms with Gasteiger partial charge in [0.1, 0.15) is 5.75 Å². The van der Waals surface area contributed by atoms with Gasteiger partial charge < -0.3 is 9.84 Å². The predicted octanol–water partition coefficient (Wildman–Crippen LogP) is 3.87. The molecule has 0 heterocycles. The van der Waals surface area contributed by atoms with E-state index in [-0.39, 0.29) is 17.3 Å². The number of aromatic hydroxyl groups is 1. The van der Waals surface area contributed by atoms with Gasteiger partial charge >= 0.3 is 5.97 Å². The predicted molar refractivity (Wildman–Crippen MR) is 79.5 cm³/mol.